The van der Waals surface area contributed by atoms with Gasteiger partial charge in [-0.05, 0) is 18.1 Å². The molecule has 2 rings (SSSR count). The van der Waals surface area contributed by atoms with E-state index in [2.05, 4.69) is 0 Å². The van der Waals surface area contributed by atoms with Gasteiger partial charge < -0.3 is 10.5 Å². The van der Waals surface area contributed by atoms with E-state index in [9.17, 15) is 4.79 Å². The zero-order valence-electron chi connectivity index (χ0n) is 12.3. The normalized spacial score (nSPS) is 11.1. The number of carbonyl (C=O) groups is 1. The van der Waals surface area contributed by atoms with Gasteiger partial charge in [0.25, 0.3) is 0 Å². The van der Waals surface area contributed by atoms with Crippen LogP contribution in [0, 0.1) is 0 Å². The zero-order valence-corrected chi connectivity index (χ0v) is 12.3. The zero-order chi connectivity index (χ0) is 15.1. The summed E-state index contributed by atoms with van der Waals surface area (Å²) in [6.45, 7) is 2.13. The second-order valence-corrected chi connectivity index (χ2v) is 5.20. The smallest absolute Gasteiger partial charge is 0.326 e. The largest absolute Gasteiger partial charge is 0.465 e. The summed E-state index contributed by atoms with van der Waals surface area (Å²) >= 11 is 0. The van der Waals surface area contributed by atoms with E-state index in [0.29, 0.717) is 19.4 Å². The molecule has 0 radical (unpaired) electrons. The van der Waals surface area contributed by atoms with Gasteiger partial charge in [0.15, 0.2) is 0 Å². The summed E-state index contributed by atoms with van der Waals surface area (Å²) in [5.41, 5.74) is 7.44. The van der Waals surface area contributed by atoms with Crippen molar-refractivity contribution < 1.29 is 9.53 Å². The third-order valence-corrected chi connectivity index (χ3v) is 3.41. The molecule has 0 aromatic heterocycles. The molecule has 2 aromatic rings. The van der Waals surface area contributed by atoms with E-state index in [1.807, 2.05) is 60.7 Å². The second kappa shape index (κ2) is 7.04. The molecule has 0 atom stereocenters. The van der Waals surface area contributed by atoms with Gasteiger partial charge >= 0.3 is 5.97 Å². The van der Waals surface area contributed by atoms with Gasteiger partial charge in [0.05, 0.1) is 6.61 Å². The van der Waals surface area contributed by atoms with Crippen molar-refractivity contribution in [2.24, 2.45) is 5.73 Å². The Morgan fingerprint density at radius 3 is 1.76 bits per heavy atom. The monoisotopic (exact) mass is 283 g/mol. The molecular formula is C18H21NO2. The van der Waals surface area contributed by atoms with Crippen LogP contribution in [-0.2, 0) is 22.4 Å². The van der Waals surface area contributed by atoms with Gasteiger partial charge in [-0.2, -0.15) is 0 Å². The number of nitrogens with two attached hydrogens (primary N) is 1. The van der Waals surface area contributed by atoms with Gasteiger partial charge in [-0.15, -0.1) is 0 Å². The van der Waals surface area contributed by atoms with Crippen LogP contribution >= 0.6 is 0 Å². The predicted molar refractivity (Wildman–Crippen MR) is 83.8 cm³/mol. The molecule has 0 aliphatic carbocycles. The van der Waals surface area contributed by atoms with Crippen molar-refractivity contribution in [3.8, 4) is 0 Å². The molecule has 0 saturated heterocycles. The third-order valence-electron chi connectivity index (χ3n) is 3.41. The SMILES string of the molecule is CCOC(=O)C(N)(Cc1ccccc1)Cc1ccccc1. The number of carbonyl (C=O) groups excluding carboxylic acids is 1. The first-order valence-electron chi connectivity index (χ1n) is 7.18. The van der Waals surface area contributed by atoms with Crippen LogP contribution in [0.25, 0.3) is 0 Å². The summed E-state index contributed by atoms with van der Waals surface area (Å²) in [5.74, 6) is -0.349. The quantitative estimate of drug-likeness (QED) is 0.829. The van der Waals surface area contributed by atoms with Gasteiger partial charge in [0, 0.05) is 12.8 Å². The van der Waals surface area contributed by atoms with Crippen molar-refractivity contribution in [3.63, 3.8) is 0 Å². The van der Waals surface area contributed by atoms with Crippen LogP contribution in [0.3, 0.4) is 0 Å². The van der Waals surface area contributed by atoms with Crippen molar-refractivity contribution in [1.82, 2.24) is 0 Å². The van der Waals surface area contributed by atoms with Crippen LogP contribution in [-0.4, -0.2) is 18.1 Å². The number of rotatable bonds is 6. The topological polar surface area (TPSA) is 52.3 Å². The van der Waals surface area contributed by atoms with Gasteiger partial charge in [0.1, 0.15) is 5.54 Å². The molecule has 0 aliphatic heterocycles. The molecule has 21 heavy (non-hydrogen) atoms. The van der Waals surface area contributed by atoms with Gasteiger partial charge in [-0.25, -0.2) is 0 Å². The van der Waals surface area contributed by atoms with Crippen molar-refractivity contribution in [1.29, 1.82) is 0 Å². The summed E-state index contributed by atoms with van der Waals surface area (Å²) in [5, 5.41) is 0. The molecule has 2 aromatic carbocycles. The molecule has 0 saturated carbocycles. The lowest BCUT2D eigenvalue weighted by Gasteiger charge is -2.27. The molecule has 3 nitrogen and oxygen atoms in total. The molecule has 0 heterocycles. The Hall–Kier alpha value is -2.13. The number of benzene rings is 2. The average Bonchev–Trinajstić information content (AvgIpc) is 2.49. The van der Waals surface area contributed by atoms with Crippen LogP contribution in [0.2, 0.25) is 0 Å². The summed E-state index contributed by atoms with van der Waals surface area (Å²) in [6, 6.07) is 19.6. The highest BCUT2D eigenvalue weighted by molar-refractivity contribution is 5.81. The summed E-state index contributed by atoms with van der Waals surface area (Å²) < 4.78 is 5.19. The highest BCUT2D eigenvalue weighted by atomic mass is 16.5. The maximum Gasteiger partial charge on any atom is 0.326 e. The highest BCUT2D eigenvalue weighted by Crippen LogP contribution is 2.19. The maximum atomic E-state index is 12.3. The molecule has 0 amide bonds. The van der Waals surface area contributed by atoms with E-state index < -0.39 is 5.54 Å². The standard InChI is InChI=1S/C18H21NO2/c1-2-21-17(20)18(19,13-15-9-5-3-6-10-15)14-16-11-7-4-8-12-16/h3-12H,2,13-14,19H2,1H3. The number of hydrogen-bond donors (Lipinski definition) is 1. The lowest BCUT2D eigenvalue weighted by molar-refractivity contribution is -0.149. The Morgan fingerprint density at radius 2 is 1.38 bits per heavy atom. The van der Waals surface area contributed by atoms with Crippen molar-refractivity contribution in [3.05, 3.63) is 71.8 Å². The molecule has 0 spiro atoms. The number of ether oxygens (including phenoxy) is 1. The minimum atomic E-state index is -1.04. The van der Waals surface area contributed by atoms with Gasteiger partial charge in [-0.3, -0.25) is 4.79 Å². The van der Waals surface area contributed by atoms with Crippen LogP contribution in [0.1, 0.15) is 18.1 Å². The van der Waals surface area contributed by atoms with Crippen molar-refractivity contribution >= 4 is 5.97 Å². The molecular weight excluding hydrogens is 262 g/mol. The molecule has 0 fully saturated rings. The predicted octanol–water partition coefficient (Wildman–Crippen LogP) is 2.73. The number of hydrogen-bond acceptors (Lipinski definition) is 3. The maximum absolute atomic E-state index is 12.3. The molecule has 3 heteroatoms. The average molecular weight is 283 g/mol. The van der Waals surface area contributed by atoms with Crippen molar-refractivity contribution in [2.45, 2.75) is 25.3 Å². The third kappa shape index (κ3) is 4.17. The lowest BCUT2D eigenvalue weighted by Crippen LogP contribution is -2.52. The molecule has 2 N–H and O–H groups in total. The van der Waals surface area contributed by atoms with Crippen molar-refractivity contribution in [2.75, 3.05) is 6.61 Å². The fraction of sp³-hybridized carbons (Fsp3) is 0.278. The Balaban J connectivity index is 2.23. The Bertz CT molecular complexity index is 525. The summed E-state index contributed by atoms with van der Waals surface area (Å²) in [4.78, 5) is 12.3. The fourth-order valence-corrected chi connectivity index (χ4v) is 2.40. The summed E-state index contributed by atoms with van der Waals surface area (Å²) in [6.07, 6.45) is 0.920. The minimum Gasteiger partial charge on any atom is -0.465 e. The highest BCUT2D eigenvalue weighted by Gasteiger charge is 2.35. The minimum absolute atomic E-state index is 0.335. The molecule has 0 bridgehead atoms. The van der Waals surface area contributed by atoms with Gasteiger partial charge in [-0.1, -0.05) is 60.7 Å². The molecule has 110 valence electrons. The van der Waals surface area contributed by atoms with E-state index in [4.69, 9.17) is 10.5 Å². The lowest BCUT2D eigenvalue weighted by atomic mass is 9.85. The molecule has 0 aliphatic rings. The van der Waals surface area contributed by atoms with Crippen LogP contribution < -0.4 is 5.73 Å². The van der Waals surface area contributed by atoms with E-state index in [1.54, 1.807) is 6.92 Å². The second-order valence-electron chi connectivity index (χ2n) is 5.20. The first kappa shape index (κ1) is 15.3. The number of esters is 1. The van der Waals surface area contributed by atoms with E-state index in [-0.39, 0.29) is 5.97 Å². The van der Waals surface area contributed by atoms with Gasteiger partial charge in [0.2, 0.25) is 0 Å². The summed E-state index contributed by atoms with van der Waals surface area (Å²) in [7, 11) is 0. The Labute approximate surface area is 125 Å². The van der Waals surface area contributed by atoms with Crippen LogP contribution in [0.5, 0.6) is 0 Å². The Morgan fingerprint density at radius 1 is 0.952 bits per heavy atom. The van der Waals surface area contributed by atoms with E-state index in [0.717, 1.165) is 11.1 Å². The first-order valence-corrected chi connectivity index (χ1v) is 7.18. The Kier molecular flexibility index (Phi) is 5.12. The molecule has 0 unspecified atom stereocenters. The van der Waals surface area contributed by atoms with Crippen LogP contribution in [0.15, 0.2) is 60.7 Å². The fourth-order valence-electron chi connectivity index (χ4n) is 2.40. The van der Waals surface area contributed by atoms with E-state index >= 15 is 0 Å². The first-order chi connectivity index (χ1) is 10.1. The van der Waals surface area contributed by atoms with E-state index in [1.165, 1.54) is 0 Å². The van der Waals surface area contributed by atoms with Crippen LogP contribution in [0.4, 0.5) is 0 Å².